The fourth-order valence-electron chi connectivity index (χ4n) is 3.61. The maximum atomic E-state index is 12.9. The summed E-state index contributed by atoms with van der Waals surface area (Å²) in [5.41, 5.74) is 9.21. The quantitative estimate of drug-likeness (QED) is 0.0711. The number of nitrogens with one attached hydrogen (secondary N) is 1. The molecule has 220 valence electrons. The van der Waals surface area contributed by atoms with Gasteiger partial charge in [-0.3, -0.25) is 19.3 Å². The number of aryl methyl sites for hydroxylation is 1. The van der Waals surface area contributed by atoms with Crippen LogP contribution in [0.15, 0.2) is 16.4 Å². The lowest BCUT2D eigenvalue weighted by Gasteiger charge is -2.55. The Balaban J connectivity index is 0.000000478. The first-order valence-corrected chi connectivity index (χ1v) is 15.0. The summed E-state index contributed by atoms with van der Waals surface area (Å²) in [6.07, 6.45) is 2.16. The van der Waals surface area contributed by atoms with E-state index in [4.69, 9.17) is 26.6 Å². The van der Waals surface area contributed by atoms with E-state index in [1.54, 1.807) is 7.05 Å². The predicted octanol–water partition coefficient (Wildman–Crippen LogP) is -1.20. The number of carbonyl (C=O) groups is 4. The number of carboxylic acids is 2. The summed E-state index contributed by atoms with van der Waals surface area (Å²) in [5, 5.41) is 40.1. The van der Waals surface area contributed by atoms with Crippen LogP contribution in [0, 0.1) is 11.3 Å². The van der Waals surface area contributed by atoms with E-state index in [9.17, 15) is 24.3 Å². The van der Waals surface area contributed by atoms with Gasteiger partial charge in [0.05, 0.1) is 17.6 Å². The molecule has 1 unspecified atom stereocenters. The van der Waals surface area contributed by atoms with E-state index in [1.807, 2.05) is 6.07 Å². The summed E-state index contributed by atoms with van der Waals surface area (Å²) in [6.45, 7) is 0.604. The molecule has 0 radical (unpaired) electrons. The topological polar surface area (TPSA) is 253 Å². The van der Waals surface area contributed by atoms with Crippen LogP contribution in [-0.2, 0) is 31.0 Å². The molecule has 16 nitrogen and oxygen atoms in total. The zero-order valence-corrected chi connectivity index (χ0v) is 24.3. The van der Waals surface area contributed by atoms with Crippen LogP contribution in [-0.4, -0.2) is 113 Å². The van der Waals surface area contributed by atoms with E-state index in [0.29, 0.717) is 29.4 Å². The molecule has 2 aliphatic heterocycles. The number of nitriles is 1. The van der Waals surface area contributed by atoms with Crippen molar-refractivity contribution in [2.24, 2.45) is 18.5 Å². The molecule has 0 aromatic carbocycles. The Labute approximate surface area is 242 Å². The van der Waals surface area contributed by atoms with E-state index >= 15 is 0 Å². The van der Waals surface area contributed by atoms with Gasteiger partial charge >= 0.3 is 11.9 Å². The van der Waals surface area contributed by atoms with Crippen LogP contribution < -0.4 is 16.8 Å². The highest BCUT2D eigenvalue weighted by molar-refractivity contribution is 8.01. The number of unbranched alkanes of at least 4 members (excludes halogenated alkanes) is 1. The Bertz CT molecular complexity index is 1160. The van der Waals surface area contributed by atoms with Gasteiger partial charge in [0.2, 0.25) is 11.1 Å². The van der Waals surface area contributed by atoms with Crippen molar-refractivity contribution in [3.63, 3.8) is 0 Å². The van der Waals surface area contributed by atoms with E-state index in [0.717, 1.165) is 29.5 Å². The molecule has 19 heteroatoms. The van der Waals surface area contributed by atoms with Crippen LogP contribution in [0.1, 0.15) is 19.3 Å². The molecule has 0 spiro atoms. The highest BCUT2D eigenvalue weighted by atomic mass is 32.2. The number of fused-ring (bicyclic) bond motifs is 1. The van der Waals surface area contributed by atoms with E-state index in [2.05, 4.69) is 20.8 Å². The second kappa shape index (κ2) is 15.8. The van der Waals surface area contributed by atoms with Crippen molar-refractivity contribution in [3.05, 3.63) is 11.3 Å². The van der Waals surface area contributed by atoms with Crippen LogP contribution in [0.5, 0.6) is 0 Å². The van der Waals surface area contributed by atoms with Crippen molar-refractivity contribution in [1.29, 1.82) is 5.26 Å². The average Bonchev–Trinajstić information content (AvgIpc) is 3.34. The molecule has 0 bridgehead atoms. The van der Waals surface area contributed by atoms with Gasteiger partial charge in [-0.05, 0) is 35.4 Å². The van der Waals surface area contributed by atoms with Gasteiger partial charge in [-0.1, -0.05) is 18.2 Å². The summed E-state index contributed by atoms with van der Waals surface area (Å²) in [6, 6.07) is 1.20. The number of β-lactam (4-membered cyclic amide) rings is 1. The number of hydrogen-bond acceptors (Lipinski definition) is 14. The zero-order chi connectivity index (χ0) is 29.9. The van der Waals surface area contributed by atoms with Crippen molar-refractivity contribution in [3.8, 4) is 6.07 Å². The average molecular weight is 618 g/mol. The second-order valence-corrected chi connectivity index (χ2v) is 11.3. The molecule has 0 aliphatic carbocycles. The van der Waals surface area contributed by atoms with Gasteiger partial charge in [0.25, 0.3) is 11.6 Å². The van der Waals surface area contributed by atoms with E-state index in [1.165, 1.54) is 35.3 Å². The number of tetrazole rings is 1. The van der Waals surface area contributed by atoms with E-state index < -0.39 is 40.9 Å². The number of carbonyl (C=O) groups excluding carboxylic acids is 2. The summed E-state index contributed by atoms with van der Waals surface area (Å²) < 4.78 is 6.83. The number of rotatable bonds is 14. The van der Waals surface area contributed by atoms with Crippen LogP contribution in [0.25, 0.3) is 0 Å². The number of hydrogen-bond donors (Lipinski definition) is 5. The van der Waals surface area contributed by atoms with E-state index in [-0.39, 0.29) is 23.0 Å². The number of nitrogens with two attached hydrogens (primary N) is 2. The first-order valence-electron chi connectivity index (χ1n) is 11.8. The van der Waals surface area contributed by atoms with Crippen molar-refractivity contribution >= 4 is 59.0 Å². The van der Waals surface area contributed by atoms with Gasteiger partial charge < -0.3 is 31.7 Å². The third kappa shape index (κ3) is 8.08. The number of nitrogens with zero attached hydrogens (tertiary/aromatic N) is 6. The molecule has 1 fully saturated rings. The minimum Gasteiger partial charge on any atom is -0.480 e. The third-order valence-corrected chi connectivity index (χ3v) is 8.87. The molecule has 2 amide bonds. The maximum Gasteiger partial charge on any atom is 0.352 e. The molecule has 7 N–H and O–H groups in total. The molecule has 3 rings (SSSR count). The lowest BCUT2D eigenvalue weighted by molar-refractivity contribution is -0.192. The van der Waals surface area contributed by atoms with Gasteiger partial charge in [-0.2, -0.15) is 5.26 Å². The fourth-order valence-corrected chi connectivity index (χ4v) is 6.49. The molecule has 0 saturated carbocycles. The lowest BCUT2D eigenvalue weighted by Crippen LogP contribution is -2.80. The zero-order valence-electron chi connectivity index (χ0n) is 21.8. The monoisotopic (exact) mass is 617 g/mol. The smallest absolute Gasteiger partial charge is 0.352 e. The first kappa shape index (κ1) is 33.3. The SMILES string of the molecule is CO[C@@]1(NC(=O)CSCC#N)C(=O)N2C(C(=O)O)=C(CSc3nnnn3C)CS[C@@H]21.NCCCCC(N)C(=O)O. The van der Waals surface area contributed by atoms with Gasteiger partial charge in [0, 0.05) is 25.7 Å². The van der Waals surface area contributed by atoms with Gasteiger partial charge in [-0.15, -0.1) is 28.6 Å². The summed E-state index contributed by atoms with van der Waals surface area (Å²) in [4.78, 5) is 48.4. The minimum absolute atomic E-state index is 0.0153. The fraction of sp³-hybridized carbons (Fsp3) is 0.619. The highest BCUT2D eigenvalue weighted by Gasteiger charge is 2.66. The Morgan fingerprint density at radius 1 is 1.38 bits per heavy atom. The third-order valence-electron chi connectivity index (χ3n) is 5.60. The second-order valence-electron chi connectivity index (χ2n) is 8.34. The van der Waals surface area contributed by atoms with Gasteiger partial charge in [0.1, 0.15) is 17.1 Å². The van der Waals surface area contributed by atoms with Crippen LogP contribution >= 0.6 is 35.3 Å². The number of amides is 2. The molecule has 1 aromatic rings. The highest BCUT2D eigenvalue weighted by Crippen LogP contribution is 2.47. The Morgan fingerprint density at radius 3 is 2.65 bits per heavy atom. The van der Waals surface area contributed by atoms with Crippen LogP contribution in [0.2, 0.25) is 0 Å². The lowest BCUT2D eigenvalue weighted by atomic mass is 9.98. The normalized spacial score (nSPS) is 20.4. The van der Waals surface area contributed by atoms with Crippen molar-refractivity contribution in [2.45, 2.75) is 41.6 Å². The van der Waals surface area contributed by atoms with Crippen molar-refractivity contribution in [2.75, 3.05) is 36.7 Å². The number of carboxylic acid groups (broad SMARTS) is 2. The summed E-state index contributed by atoms with van der Waals surface area (Å²) in [7, 11) is 2.96. The van der Waals surface area contributed by atoms with Crippen molar-refractivity contribution in [1.82, 2.24) is 30.4 Å². The molecule has 1 aromatic heterocycles. The molecule has 3 atom stereocenters. The van der Waals surface area contributed by atoms with Crippen LogP contribution in [0.4, 0.5) is 0 Å². The molecule has 40 heavy (non-hydrogen) atoms. The van der Waals surface area contributed by atoms with Gasteiger partial charge in [0.15, 0.2) is 0 Å². The maximum absolute atomic E-state index is 12.9. The predicted molar refractivity (Wildman–Crippen MR) is 147 cm³/mol. The molecular weight excluding hydrogens is 586 g/mol. The van der Waals surface area contributed by atoms with Crippen LogP contribution in [0.3, 0.4) is 0 Å². The molecular formula is C21H31N9O7S3. The molecule has 3 heterocycles. The number of methoxy groups -OCH3 is 1. The minimum atomic E-state index is -1.64. The number of thioether (sulfide) groups is 3. The first-order chi connectivity index (χ1) is 19.0. The summed E-state index contributed by atoms with van der Waals surface area (Å²) >= 11 is 3.67. The largest absolute Gasteiger partial charge is 0.480 e. The summed E-state index contributed by atoms with van der Waals surface area (Å²) in [5.74, 6) is -2.55. The number of ether oxygens (including phenoxy) is 1. The number of aliphatic carboxylic acids is 2. The molecule has 2 aliphatic rings. The number of aromatic nitrogens is 4. The van der Waals surface area contributed by atoms with Crippen molar-refractivity contribution < 1.29 is 34.1 Å². The Kier molecular flexibility index (Phi) is 13.1. The Hall–Kier alpha value is -2.89. The Morgan fingerprint density at radius 2 is 2.10 bits per heavy atom. The molecule has 1 saturated heterocycles. The standard InChI is InChI=1S/C15H17N7O5S3.C6H14N2O2/c1-21-14(18-19-20-21)30-6-8-5-29-13-15(27-2,17-9(23)7-28-4-3-16)12(26)22(13)10(8)11(24)25;7-4-2-1-3-5(8)6(9)10/h13H,4-7H2,1-2H3,(H,17,23)(H,24,25);5H,1-4,7-8H2,(H,9,10)/t13-,15+;/m1./s1. The van der Waals surface area contributed by atoms with Gasteiger partial charge in [-0.25, -0.2) is 9.48 Å².